The Hall–Kier alpha value is -2.44. The molecule has 0 bridgehead atoms. The zero-order chi connectivity index (χ0) is 21.6. The van der Waals surface area contributed by atoms with E-state index in [4.69, 9.17) is 4.74 Å². The van der Waals surface area contributed by atoms with Gasteiger partial charge in [-0.1, -0.05) is 57.6 Å². The number of hydrogen-bond acceptors (Lipinski definition) is 4. The molecule has 0 aromatic heterocycles. The average molecular weight is 409 g/mol. The molecular formula is C22H33FN2O4. The number of unbranched alkanes of at least 4 members (excludes halogenated alkanes) is 5. The number of amides is 2. The minimum atomic E-state index is -0.911. The lowest BCUT2D eigenvalue weighted by Gasteiger charge is -2.22. The first-order valence-corrected chi connectivity index (χ1v) is 10.3. The Bertz CT molecular complexity index is 666. The van der Waals surface area contributed by atoms with Gasteiger partial charge in [0.05, 0.1) is 7.11 Å². The van der Waals surface area contributed by atoms with Crippen molar-refractivity contribution in [1.82, 2.24) is 10.6 Å². The number of hydrogen-bond donors (Lipinski definition) is 2. The summed E-state index contributed by atoms with van der Waals surface area (Å²) in [5, 5.41) is 5.26. The predicted molar refractivity (Wildman–Crippen MR) is 110 cm³/mol. The van der Waals surface area contributed by atoms with Crippen molar-refractivity contribution in [3.05, 3.63) is 35.6 Å². The summed E-state index contributed by atoms with van der Waals surface area (Å²) >= 11 is 0. The van der Waals surface area contributed by atoms with E-state index in [0.29, 0.717) is 12.0 Å². The van der Waals surface area contributed by atoms with Gasteiger partial charge in [-0.2, -0.15) is 0 Å². The Balaban J connectivity index is 2.72. The van der Waals surface area contributed by atoms with E-state index in [2.05, 4.69) is 17.6 Å². The molecule has 162 valence electrons. The largest absolute Gasteiger partial charge is 0.467 e. The SMILES string of the molecule is CCCCCCCC[C@@H](NC(=O)[C@H](Cc1cccc(F)c1)NC(C)=O)C(=O)OC. The maximum atomic E-state index is 13.4. The molecule has 6 nitrogen and oxygen atoms in total. The summed E-state index contributed by atoms with van der Waals surface area (Å²) < 4.78 is 18.3. The third-order valence-corrected chi connectivity index (χ3v) is 4.67. The van der Waals surface area contributed by atoms with Crippen LogP contribution in [0.5, 0.6) is 0 Å². The molecule has 1 rings (SSSR count). The highest BCUT2D eigenvalue weighted by molar-refractivity contribution is 5.90. The van der Waals surface area contributed by atoms with Crippen molar-refractivity contribution < 1.29 is 23.5 Å². The number of halogens is 1. The van der Waals surface area contributed by atoms with E-state index in [1.165, 1.54) is 32.6 Å². The van der Waals surface area contributed by atoms with Gasteiger partial charge in [-0.05, 0) is 24.1 Å². The number of carbonyl (C=O) groups excluding carboxylic acids is 3. The Morgan fingerprint density at radius 2 is 1.72 bits per heavy atom. The first-order valence-electron chi connectivity index (χ1n) is 10.3. The maximum Gasteiger partial charge on any atom is 0.328 e. The normalized spacial score (nSPS) is 12.7. The summed E-state index contributed by atoms with van der Waals surface area (Å²) in [6.45, 7) is 3.46. The molecule has 0 aliphatic rings. The zero-order valence-electron chi connectivity index (χ0n) is 17.6. The summed E-state index contributed by atoms with van der Waals surface area (Å²) in [6, 6.07) is 4.16. The Labute approximate surface area is 172 Å². The van der Waals surface area contributed by atoms with Crippen molar-refractivity contribution >= 4 is 17.8 Å². The van der Waals surface area contributed by atoms with Crippen LogP contribution >= 0.6 is 0 Å². The number of carbonyl (C=O) groups is 3. The molecule has 0 aliphatic carbocycles. The van der Waals surface area contributed by atoms with Crippen LogP contribution in [-0.4, -0.2) is 37.0 Å². The maximum absolute atomic E-state index is 13.4. The molecule has 0 fully saturated rings. The van der Waals surface area contributed by atoms with Gasteiger partial charge in [0.15, 0.2) is 0 Å². The van der Waals surface area contributed by atoms with Gasteiger partial charge in [-0.3, -0.25) is 9.59 Å². The van der Waals surface area contributed by atoms with Crippen LogP contribution in [-0.2, 0) is 25.5 Å². The van der Waals surface area contributed by atoms with Crippen LogP contribution in [0.25, 0.3) is 0 Å². The summed E-state index contributed by atoms with van der Waals surface area (Å²) in [5.41, 5.74) is 0.574. The minimum absolute atomic E-state index is 0.119. The fourth-order valence-electron chi connectivity index (χ4n) is 3.15. The molecule has 29 heavy (non-hydrogen) atoms. The molecule has 2 amide bonds. The fourth-order valence-corrected chi connectivity index (χ4v) is 3.15. The molecule has 2 atom stereocenters. The molecular weight excluding hydrogens is 375 g/mol. The van der Waals surface area contributed by atoms with Crippen LogP contribution in [0.3, 0.4) is 0 Å². The molecule has 1 aromatic rings. The van der Waals surface area contributed by atoms with Crippen molar-refractivity contribution in [2.45, 2.75) is 77.3 Å². The monoisotopic (exact) mass is 408 g/mol. The summed E-state index contributed by atoms with van der Waals surface area (Å²) in [6.07, 6.45) is 6.95. The molecule has 0 radical (unpaired) electrons. The zero-order valence-corrected chi connectivity index (χ0v) is 17.6. The Morgan fingerprint density at radius 1 is 1.03 bits per heavy atom. The van der Waals surface area contributed by atoms with Crippen LogP contribution < -0.4 is 10.6 Å². The fraction of sp³-hybridized carbons (Fsp3) is 0.591. The van der Waals surface area contributed by atoms with E-state index in [9.17, 15) is 18.8 Å². The van der Waals surface area contributed by atoms with Gasteiger partial charge in [-0.25, -0.2) is 9.18 Å². The number of ether oxygens (including phenoxy) is 1. The molecule has 0 spiro atoms. The molecule has 0 saturated heterocycles. The van der Waals surface area contributed by atoms with Crippen molar-refractivity contribution in [3.8, 4) is 0 Å². The van der Waals surface area contributed by atoms with Gasteiger partial charge >= 0.3 is 5.97 Å². The molecule has 1 aromatic carbocycles. The third kappa shape index (κ3) is 10.1. The van der Waals surface area contributed by atoms with Crippen LogP contribution in [0.4, 0.5) is 4.39 Å². The van der Waals surface area contributed by atoms with E-state index in [1.807, 2.05) is 0 Å². The topological polar surface area (TPSA) is 84.5 Å². The van der Waals surface area contributed by atoms with Crippen LogP contribution in [0.15, 0.2) is 24.3 Å². The average Bonchev–Trinajstić information content (AvgIpc) is 2.68. The lowest BCUT2D eigenvalue weighted by Crippen LogP contribution is -2.52. The number of benzene rings is 1. The van der Waals surface area contributed by atoms with Crippen LogP contribution in [0, 0.1) is 5.82 Å². The quantitative estimate of drug-likeness (QED) is 0.387. The van der Waals surface area contributed by atoms with Crippen molar-refractivity contribution in [2.24, 2.45) is 0 Å². The molecule has 0 unspecified atom stereocenters. The van der Waals surface area contributed by atoms with E-state index in [0.717, 1.165) is 32.1 Å². The van der Waals surface area contributed by atoms with E-state index < -0.39 is 29.8 Å². The van der Waals surface area contributed by atoms with Crippen molar-refractivity contribution in [3.63, 3.8) is 0 Å². The third-order valence-electron chi connectivity index (χ3n) is 4.67. The highest BCUT2D eigenvalue weighted by Crippen LogP contribution is 2.11. The smallest absolute Gasteiger partial charge is 0.328 e. The van der Waals surface area contributed by atoms with Crippen molar-refractivity contribution in [2.75, 3.05) is 7.11 Å². The first-order chi connectivity index (χ1) is 13.9. The van der Waals surface area contributed by atoms with Crippen molar-refractivity contribution in [1.29, 1.82) is 0 Å². The standard InChI is InChI=1S/C22H33FN2O4/c1-4-5-6-7-8-9-13-19(22(28)29-3)25-21(27)20(24-16(2)26)15-17-11-10-12-18(23)14-17/h10-12,14,19-20H,4-9,13,15H2,1-3H3,(H,24,26)(H,25,27)/t19-,20+/m1/s1. The van der Waals surface area contributed by atoms with E-state index in [1.54, 1.807) is 12.1 Å². The lowest BCUT2D eigenvalue weighted by atomic mass is 10.0. The second-order valence-corrected chi connectivity index (χ2v) is 7.23. The minimum Gasteiger partial charge on any atom is -0.467 e. The summed E-state index contributed by atoms with van der Waals surface area (Å²) in [7, 11) is 1.28. The Morgan fingerprint density at radius 3 is 2.34 bits per heavy atom. The van der Waals surface area contributed by atoms with Crippen LogP contribution in [0.1, 0.15) is 64.4 Å². The first kappa shape index (κ1) is 24.6. The second kappa shape index (κ2) is 13.7. The molecule has 0 aliphatic heterocycles. The number of esters is 1. The summed E-state index contributed by atoms with van der Waals surface area (Å²) in [4.78, 5) is 36.4. The molecule has 0 heterocycles. The van der Waals surface area contributed by atoms with E-state index in [-0.39, 0.29) is 12.3 Å². The summed E-state index contributed by atoms with van der Waals surface area (Å²) in [5.74, 6) is -1.81. The van der Waals surface area contributed by atoms with Gasteiger partial charge in [0.2, 0.25) is 11.8 Å². The van der Waals surface area contributed by atoms with Gasteiger partial charge < -0.3 is 15.4 Å². The highest BCUT2D eigenvalue weighted by Gasteiger charge is 2.26. The number of methoxy groups -OCH3 is 1. The van der Waals surface area contributed by atoms with Gasteiger partial charge in [0.1, 0.15) is 17.9 Å². The van der Waals surface area contributed by atoms with Crippen LogP contribution in [0.2, 0.25) is 0 Å². The van der Waals surface area contributed by atoms with Gasteiger partial charge in [-0.15, -0.1) is 0 Å². The van der Waals surface area contributed by atoms with Gasteiger partial charge in [0, 0.05) is 13.3 Å². The lowest BCUT2D eigenvalue weighted by molar-refractivity contribution is -0.145. The Kier molecular flexibility index (Phi) is 11.6. The van der Waals surface area contributed by atoms with E-state index >= 15 is 0 Å². The second-order valence-electron chi connectivity index (χ2n) is 7.23. The molecule has 7 heteroatoms. The molecule has 0 saturated carbocycles. The predicted octanol–water partition coefficient (Wildman–Crippen LogP) is 3.28. The number of rotatable bonds is 13. The molecule has 2 N–H and O–H groups in total. The highest BCUT2D eigenvalue weighted by atomic mass is 19.1. The van der Waals surface area contributed by atoms with Gasteiger partial charge in [0.25, 0.3) is 0 Å². The number of nitrogens with one attached hydrogen (secondary N) is 2.